The number of aromatic nitrogens is 6. The number of anilines is 1. The number of azo groups is 2. The average Bonchev–Trinajstić information content (AvgIpc) is 1.49. The van der Waals surface area contributed by atoms with Gasteiger partial charge in [-0.1, -0.05) is 60.7 Å². The second kappa shape index (κ2) is 42.1. The Kier molecular flexibility index (Phi) is 38.1. The fourth-order valence-corrected chi connectivity index (χ4v) is 16.8. The van der Waals surface area contributed by atoms with Crippen LogP contribution in [-0.4, -0.2) is 396 Å². The molecule has 0 unspecified atom stereocenters. The smallest absolute Gasteiger partial charge is 0.295 e. The normalized spacial score (nSPS) is 12.4. The van der Waals surface area contributed by atoms with Crippen LogP contribution in [0.1, 0.15) is 33.4 Å². The average molecular weight is 1870 g/mol. The van der Waals surface area contributed by atoms with Gasteiger partial charge >= 0.3 is 0 Å². The van der Waals surface area contributed by atoms with Gasteiger partial charge in [0.05, 0.1) is 63.8 Å². The van der Waals surface area contributed by atoms with Gasteiger partial charge in [0, 0.05) is 270 Å². The Morgan fingerprint density at radius 3 is 1.02 bits per heavy atom. The van der Waals surface area contributed by atoms with Gasteiger partial charge in [-0.15, -0.1) is 20.4 Å². The summed E-state index contributed by atoms with van der Waals surface area (Å²) >= 11 is 0. The molecule has 0 amide bonds. The second-order valence-corrected chi connectivity index (χ2v) is 35.0. The molecule has 10 aromatic carbocycles. The number of aliphatic hydroxyl groups is 1. The molecule has 0 aliphatic rings. The Bertz CT molecular complexity index is 7280. The van der Waals surface area contributed by atoms with E-state index in [1.54, 1.807) is 13.8 Å². The summed E-state index contributed by atoms with van der Waals surface area (Å²) in [6.07, 6.45) is 4.36. The van der Waals surface area contributed by atoms with Crippen LogP contribution in [0.5, 0.6) is 11.5 Å². The van der Waals surface area contributed by atoms with E-state index in [0.29, 0.717) is 23.3 Å². The molecule has 8 radical (unpaired) electrons. The first-order valence-electron chi connectivity index (χ1n) is 30.8. The number of aryl methyl sites for hydroxylation is 2. The summed E-state index contributed by atoms with van der Waals surface area (Å²) in [5, 5.41) is 46.7. The van der Waals surface area contributed by atoms with E-state index in [4.69, 9.17) is 9.47 Å². The van der Waals surface area contributed by atoms with Crippen LogP contribution in [0, 0.1) is 13.8 Å². The summed E-state index contributed by atoms with van der Waals surface area (Å²) in [5.74, 6) is 0.0997. The van der Waals surface area contributed by atoms with Crippen LogP contribution in [0.15, 0.2) is 210 Å². The number of aliphatic hydroxyl groups excluding tert-OH is 1. The molecule has 0 fully saturated rings. The molecule has 39 nitrogen and oxygen atoms in total. The van der Waals surface area contributed by atoms with Gasteiger partial charge in [0.2, 0.25) is 0 Å². The first-order valence-corrected chi connectivity index (χ1v) is 42.3. The van der Waals surface area contributed by atoms with Crippen LogP contribution in [0.3, 0.4) is 0 Å². The summed E-state index contributed by atoms with van der Waals surface area (Å²) in [6.45, 7) is 3.17. The minimum atomic E-state index is -5.12. The van der Waals surface area contributed by atoms with Crippen LogP contribution in [0.2, 0.25) is 0 Å². The molecule has 55 heteroatoms. The molecule has 0 atom stereocenters. The van der Waals surface area contributed by atoms with Crippen LogP contribution < -0.4 is 14.8 Å². The van der Waals surface area contributed by atoms with E-state index in [-0.39, 0.29) is 359 Å². The number of benzene rings is 10. The molecular weight excluding hydrogens is 1820 g/mol. The zero-order valence-corrected chi connectivity index (χ0v) is 87.3. The molecule has 0 saturated heterocycles. The van der Waals surface area contributed by atoms with E-state index in [1.165, 1.54) is 99.1 Å². The quantitative estimate of drug-likeness (QED) is 0.00770. The minimum absolute atomic E-state index is 0. The molecule has 588 valence electrons. The number of nitrogens with one attached hydrogen (secondary N) is 1. The van der Waals surface area contributed by atoms with Crippen LogP contribution in [0.4, 0.5) is 34.1 Å². The first-order chi connectivity index (χ1) is 52.1. The van der Waals surface area contributed by atoms with Gasteiger partial charge in [-0.2, -0.15) is 102 Å². The van der Waals surface area contributed by atoms with Crippen molar-refractivity contribution in [2.75, 3.05) is 19.5 Å². The van der Waals surface area contributed by atoms with Crippen molar-refractivity contribution in [3.05, 3.63) is 179 Å². The van der Waals surface area contributed by atoms with E-state index in [1.807, 2.05) is 0 Å². The molecule has 120 heavy (non-hydrogen) atoms. The van der Waals surface area contributed by atoms with Gasteiger partial charge in [0.25, 0.3) is 87.0 Å². The molecule has 12 rings (SSSR count). The van der Waals surface area contributed by atoms with Crippen molar-refractivity contribution in [1.29, 1.82) is 0 Å². The summed E-state index contributed by atoms with van der Waals surface area (Å²) in [5.41, 5.74) is -0.563. The summed E-state index contributed by atoms with van der Waals surface area (Å²) in [7, 11) is -38.1. The molecule has 0 aliphatic heterocycles. The van der Waals surface area contributed by atoms with Gasteiger partial charge < -0.3 is 19.9 Å². The van der Waals surface area contributed by atoms with E-state index in [0.717, 1.165) is 82.4 Å². The Hall–Kier alpha value is -3.65. The fraction of sp³-hybridized carbons (Fsp3) is 0.0615. The standard InChI is InChI=1S/C65H50N12O27S8.8Na/c1-33-21-53(55(103-3)31-51(33)70-68-39-13-9-35(57(23-39)107(85,86)87)5-7-37-11-15-41(25-59(37)109(91,92)93)76-72-49-19-17-45-47(63(49)74-76)27-43(105(79,80)81)29-61(45)111(97,98)99)66-65(78)67-54-22-34(2)52(32-56(54)104-4)71-69-40-14-10-36(58(24-40)108(88,89)90)6-8-38-12-16-42(26-60(38)110(94,95)96)77-73-50-20-18-46-48(64(50)75-77)28-44(106(82,83)84)30-62(46)112(100,101)102;;;;;;;;/h5-32H,1-4H3,(H2,66,67,78)(H,79,80,81)(H,82,83,84)(H,85,86,87)(H,88,89,90)(H,91,92,93)(H,94,95,96)(H,97,98,99)(H,100,101,102);;;;;;;;. The molecule has 0 bridgehead atoms. The third-order valence-corrected chi connectivity index (χ3v) is 23.6. The third-order valence-electron chi connectivity index (χ3n) is 16.5. The van der Waals surface area contributed by atoms with Gasteiger partial charge in [-0.3, -0.25) is 36.4 Å². The predicted molar refractivity (Wildman–Crippen MR) is 445 cm³/mol. The van der Waals surface area contributed by atoms with Crippen molar-refractivity contribution in [3.63, 3.8) is 0 Å². The SMILES string of the molecule is COc1cc(N=Nc2ccc(C=Cc3ccc(-n4nc5ccc6c(S(=O)(=O)O)cc(S(=O)(=O)O)cc6c5n4)cc3S(=O)(=O)O)c(S(=O)(=O)O)c2)c(C)cc1N=C(O)Nc1cc(C)c(N=Nc2ccc(C=Cc3ccc(-n4nc5ccc6c(S(=O)(=O)O)cc(S(=O)(=O)O)cc6c5n4)cc3S(=O)(=O)O)c(S(=O)(=O)O)c2)cc1OC.[Na].[Na].[Na].[Na].[Na].[Na].[Na].[Na]. The third kappa shape index (κ3) is 25.0. The molecule has 2 aromatic heterocycles. The van der Waals surface area contributed by atoms with Crippen molar-refractivity contribution in [2.45, 2.75) is 53.0 Å². The Morgan fingerprint density at radius 1 is 0.350 bits per heavy atom. The van der Waals surface area contributed by atoms with Crippen LogP contribution in [0.25, 0.3) is 79.3 Å². The number of aliphatic imine (C=N–C) groups is 1. The summed E-state index contributed by atoms with van der Waals surface area (Å²) < 4.78 is 292. The number of fused-ring (bicyclic) bond motifs is 6. The van der Waals surface area contributed by atoms with E-state index in [2.05, 4.69) is 51.2 Å². The topological polar surface area (TPSA) is 609 Å². The first kappa shape index (κ1) is 109. The predicted octanol–water partition coefficient (Wildman–Crippen LogP) is 7.85. The summed E-state index contributed by atoms with van der Waals surface area (Å²) in [6, 6.07) is 26.2. The number of ether oxygens (including phenoxy) is 2. The molecule has 10 N–H and O–H groups in total. The van der Waals surface area contributed by atoms with Gasteiger partial charge in [-0.05, 0) is 144 Å². The zero-order valence-electron chi connectivity index (χ0n) is 64.7. The van der Waals surface area contributed by atoms with Crippen LogP contribution >= 0.6 is 0 Å². The molecule has 12 aromatic rings. The van der Waals surface area contributed by atoms with E-state index in [9.17, 15) is 109 Å². The number of amidine groups is 1. The Balaban J connectivity index is 0.00000378. The minimum Gasteiger partial charge on any atom is -0.494 e. The van der Waals surface area contributed by atoms with Gasteiger partial charge in [0.1, 0.15) is 68.6 Å². The monoisotopic (exact) mass is 1870 g/mol. The number of nitrogens with zero attached hydrogens (tertiary/aromatic N) is 11. The zero-order chi connectivity index (χ0) is 81.5. The van der Waals surface area contributed by atoms with E-state index < -0.39 is 126 Å². The maximum absolute atomic E-state index is 12.8. The van der Waals surface area contributed by atoms with Crippen molar-refractivity contribution in [2.24, 2.45) is 25.4 Å². The second-order valence-electron chi connectivity index (χ2n) is 23.8. The fourth-order valence-electron chi connectivity index (χ4n) is 11.3. The molecule has 0 saturated carbocycles. The maximum atomic E-state index is 12.8. The van der Waals surface area contributed by atoms with Crippen molar-refractivity contribution >= 4 is 425 Å². The van der Waals surface area contributed by atoms with E-state index >= 15 is 0 Å². The van der Waals surface area contributed by atoms with Crippen molar-refractivity contribution in [3.8, 4) is 22.9 Å². The number of hydrogen-bond acceptors (Lipinski definition) is 27. The molecule has 2 heterocycles. The largest absolute Gasteiger partial charge is 0.494 e. The van der Waals surface area contributed by atoms with Crippen molar-refractivity contribution < 1.29 is 118 Å². The Labute approximate surface area is 860 Å². The van der Waals surface area contributed by atoms with Gasteiger partial charge in [0.15, 0.2) is 0 Å². The molecule has 0 aliphatic carbocycles. The van der Waals surface area contributed by atoms with Crippen molar-refractivity contribution in [1.82, 2.24) is 30.0 Å². The van der Waals surface area contributed by atoms with Crippen LogP contribution in [-0.2, 0) is 80.9 Å². The number of rotatable bonds is 22. The number of methoxy groups -OCH3 is 2. The molecular formula is C65H50N12Na8O27S8. The molecule has 0 spiro atoms. The number of hydrogen-bond donors (Lipinski definition) is 10. The van der Waals surface area contributed by atoms with Gasteiger partial charge in [-0.25, -0.2) is 0 Å². The Morgan fingerprint density at radius 2 is 0.683 bits per heavy atom. The summed E-state index contributed by atoms with van der Waals surface area (Å²) in [4.78, 5) is -0.685. The maximum Gasteiger partial charge on any atom is 0.295 e.